The second-order valence-electron chi connectivity index (χ2n) is 3.72. The zero-order chi connectivity index (χ0) is 12.6. The number of nitrogens with zero attached hydrogens (tertiary/aromatic N) is 4. The van der Waals surface area contributed by atoms with Gasteiger partial charge in [-0.05, 0) is 32.5 Å². The number of aromatic nitrogens is 3. The van der Waals surface area contributed by atoms with Crippen LogP contribution in [0.2, 0.25) is 0 Å². The van der Waals surface area contributed by atoms with Crippen LogP contribution in [0.25, 0.3) is 0 Å². The third kappa shape index (κ3) is 2.06. The van der Waals surface area contributed by atoms with Gasteiger partial charge in [0.1, 0.15) is 22.4 Å². The van der Waals surface area contributed by atoms with E-state index in [9.17, 15) is 0 Å². The summed E-state index contributed by atoms with van der Waals surface area (Å²) in [5.41, 5.74) is 2.16. The Hall–Kier alpha value is -1.74. The minimum Gasteiger partial charge on any atom is -0.436 e. The zero-order valence-electron chi connectivity index (χ0n) is 10.1. The molecule has 0 radical (unpaired) electrons. The molecule has 0 aliphatic rings. The number of hydrogen-bond acceptors (Lipinski definition) is 5. The Morgan fingerprint density at radius 3 is 2.53 bits per heavy atom. The molecule has 0 aliphatic carbocycles. The molecule has 0 N–H and O–H groups in total. The molecule has 0 saturated carbocycles. The van der Waals surface area contributed by atoms with E-state index < -0.39 is 0 Å². The molecule has 2 rings (SSSR count). The average molecular weight is 248 g/mol. The predicted molar refractivity (Wildman–Crippen MR) is 62.8 cm³/mol. The maximum atomic E-state index is 9.08. The lowest BCUT2D eigenvalue weighted by Gasteiger charge is -1.97. The lowest BCUT2D eigenvalue weighted by Crippen LogP contribution is -1.92. The van der Waals surface area contributed by atoms with Gasteiger partial charge in [-0.25, -0.2) is 4.98 Å². The lowest BCUT2D eigenvalue weighted by atomic mass is 10.3. The molecular weight excluding hydrogens is 236 g/mol. The highest BCUT2D eigenvalue weighted by molar-refractivity contribution is 7.99. The van der Waals surface area contributed by atoms with Crippen LogP contribution >= 0.6 is 11.8 Å². The molecule has 6 heteroatoms. The van der Waals surface area contributed by atoms with Gasteiger partial charge in [0.25, 0.3) is 5.22 Å². The molecule has 0 aromatic carbocycles. The highest BCUT2D eigenvalue weighted by Gasteiger charge is 2.17. The topological polar surface area (TPSA) is 67.6 Å². The molecule has 0 bridgehead atoms. The first-order valence-corrected chi connectivity index (χ1v) is 5.90. The SMILES string of the molecule is Cc1nc(Sc2c(C#N)c(C)nn2C)oc1C. The van der Waals surface area contributed by atoms with Gasteiger partial charge in [-0.2, -0.15) is 10.4 Å². The van der Waals surface area contributed by atoms with Crippen molar-refractivity contribution in [3.63, 3.8) is 0 Å². The van der Waals surface area contributed by atoms with Crippen LogP contribution in [-0.4, -0.2) is 14.8 Å². The summed E-state index contributed by atoms with van der Waals surface area (Å²) in [6.45, 7) is 5.57. The number of oxazole rings is 1. The average Bonchev–Trinajstić information content (AvgIpc) is 2.70. The molecule has 0 amide bonds. The van der Waals surface area contributed by atoms with Gasteiger partial charge in [-0.1, -0.05) is 0 Å². The molecule has 2 heterocycles. The molecular formula is C11H12N4OS. The minimum absolute atomic E-state index is 0.541. The molecule has 2 aromatic rings. The smallest absolute Gasteiger partial charge is 0.262 e. The van der Waals surface area contributed by atoms with E-state index in [0.717, 1.165) is 22.2 Å². The van der Waals surface area contributed by atoms with Crippen LogP contribution in [0.5, 0.6) is 0 Å². The van der Waals surface area contributed by atoms with Gasteiger partial charge in [-0.15, -0.1) is 0 Å². The van der Waals surface area contributed by atoms with Crippen LogP contribution < -0.4 is 0 Å². The van der Waals surface area contributed by atoms with Crippen molar-refractivity contribution in [1.82, 2.24) is 14.8 Å². The van der Waals surface area contributed by atoms with Crippen LogP contribution in [0.1, 0.15) is 22.7 Å². The van der Waals surface area contributed by atoms with Gasteiger partial charge in [0, 0.05) is 7.05 Å². The van der Waals surface area contributed by atoms with E-state index in [4.69, 9.17) is 9.68 Å². The number of hydrogen-bond donors (Lipinski definition) is 0. The van der Waals surface area contributed by atoms with E-state index in [1.165, 1.54) is 11.8 Å². The largest absolute Gasteiger partial charge is 0.436 e. The zero-order valence-corrected chi connectivity index (χ0v) is 10.9. The Morgan fingerprint density at radius 1 is 1.29 bits per heavy atom. The summed E-state index contributed by atoms with van der Waals surface area (Å²) in [6, 6.07) is 2.15. The van der Waals surface area contributed by atoms with Crippen LogP contribution in [0.4, 0.5) is 0 Å². The summed E-state index contributed by atoms with van der Waals surface area (Å²) < 4.78 is 7.16. The lowest BCUT2D eigenvalue weighted by molar-refractivity contribution is 0.430. The van der Waals surface area contributed by atoms with Gasteiger partial charge >= 0.3 is 0 Å². The van der Waals surface area contributed by atoms with Crippen molar-refractivity contribution in [2.45, 2.75) is 31.0 Å². The van der Waals surface area contributed by atoms with Gasteiger partial charge < -0.3 is 4.42 Å². The van der Waals surface area contributed by atoms with Crippen molar-refractivity contribution in [1.29, 1.82) is 5.26 Å². The fourth-order valence-corrected chi connectivity index (χ4v) is 2.44. The van der Waals surface area contributed by atoms with Crippen molar-refractivity contribution >= 4 is 11.8 Å². The van der Waals surface area contributed by atoms with Gasteiger partial charge in [0.15, 0.2) is 0 Å². The van der Waals surface area contributed by atoms with E-state index >= 15 is 0 Å². The van der Waals surface area contributed by atoms with E-state index in [1.807, 2.05) is 20.8 Å². The molecule has 0 atom stereocenters. The van der Waals surface area contributed by atoms with Crippen LogP contribution in [-0.2, 0) is 7.05 Å². The summed E-state index contributed by atoms with van der Waals surface area (Å²) in [4.78, 5) is 4.28. The fraction of sp³-hybridized carbons (Fsp3) is 0.364. The highest BCUT2D eigenvalue weighted by atomic mass is 32.2. The van der Waals surface area contributed by atoms with Crippen molar-refractivity contribution in [2.75, 3.05) is 0 Å². The Bertz CT molecular complexity index is 586. The molecule has 2 aromatic heterocycles. The van der Waals surface area contributed by atoms with E-state index in [1.54, 1.807) is 11.7 Å². The molecule has 0 spiro atoms. The van der Waals surface area contributed by atoms with E-state index in [-0.39, 0.29) is 0 Å². The fourth-order valence-electron chi connectivity index (χ4n) is 1.45. The molecule has 5 nitrogen and oxygen atoms in total. The summed E-state index contributed by atoms with van der Waals surface area (Å²) in [7, 11) is 1.80. The third-order valence-corrected chi connectivity index (χ3v) is 3.49. The predicted octanol–water partition coefficient (Wildman–Crippen LogP) is 2.36. The van der Waals surface area contributed by atoms with Crippen molar-refractivity contribution < 1.29 is 4.42 Å². The first kappa shape index (κ1) is 11.7. The third-order valence-electron chi connectivity index (χ3n) is 2.47. The Balaban J connectivity index is 2.40. The van der Waals surface area contributed by atoms with Gasteiger partial charge in [-0.3, -0.25) is 4.68 Å². The highest BCUT2D eigenvalue weighted by Crippen LogP contribution is 2.31. The number of aryl methyl sites for hydroxylation is 4. The Morgan fingerprint density at radius 2 is 2.00 bits per heavy atom. The van der Waals surface area contributed by atoms with Crippen molar-refractivity contribution in [3.8, 4) is 6.07 Å². The number of nitriles is 1. The first-order chi connectivity index (χ1) is 8.02. The quantitative estimate of drug-likeness (QED) is 0.816. The molecule has 88 valence electrons. The number of rotatable bonds is 2. The van der Waals surface area contributed by atoms with Crippen LogP contribution in [0, 0.1) is 32.1 Å². The van der Waals surface area contributed by atoms with Crippen molar-refractivity contribution in [2.24, 2.45) is 7.05 Å². The van der Waals surface area contributed by atoms with E-state index in [0.29, 0.717) is 10.8 Å². The minimum atomic E-state index is 0.541. The summed E-state index contributed by atoms with van der Waals surface area (Å²) in [5.74, 6) is 0.796. The van der Waals surface area contributed by atoms with Crippen LogP contribution in [0.15, 0.2) is 14.7 Å². The standard InChI is InChI=1S/C11H12N4OS/c1-6-8(3)16-11(13-6)17-10-9(5-12)7(2)14-15(10)4/h1-4H3. The molecule has 0 fully saturated rings. The second kappa shape index (κ2) is 4.26. The Labute approximate surface area is 103 Å². The van der Waals surface area contributed by atoms with E-state index in [2.05, 4.69) is 16.2 Å². The summed E-state index contributed by atoms with van der Waals surface area (Å²) >= 11 is 1.32. The summed E-state index contributed by atoms with van der Waals surface area (Å²) in [5, 5.41) is 14.6. The molecule has 0 aliphatic heterocycles. The molecule has 17 heavy (non-hydrogen) atoms. The first-order valence-electron chi connectivity index (χ1n) is 5.08. The van der Waals surface area contributed by atoms with Gasteiger partial charge in [0.05, 0.1) is 11.4 Å². The molecule has 0 unspecified atom stereocenters. The van der Waals surface area contributed by atoms with Crippen LogP contribution in [0.3, 0.4) is 0 Å². The normalized spacial score (nSPS) is 10.5. The second-order valence-corrected chi connectivity index (χ2v) is 4.66. The van der Waals surface area contributed by atoms with Gasteiger partial charge in [0.2, 0.25) is 0 Å². The van der Waals surface area contributed by atoms with Crippen molar-refractivity contribution in [3.05, 3.63) is 22.7 Å². The maximum Gasteiger partial charge on any atom is 0.262 e. The summed E-state index contributed by atoms with van der Waals surface area (Å²) in [6.07, 6.45) is 0. The monoisotopic (exact) mass is 248 g/mol. The Kier molecular flexibility index (Phi) is 2.94. The molecule has 0 saturated heterocycles. The maximum absolute atomic E-state index is 9.08.